The molecule has 0 unspecified atom stereocenters. The molecule has 5 nitrogen and oxygen atoms in total. The number of ether oxygens (including phenoxy) is 1. The number of carbonyl (C=O) groups excluding carboxylic acids is 1. The lowest BCUT2D eigenvalue weighted by Crippen LogP contribution is -2.14. The Morgan fingerprint density at radius 3 is 2.63 bits per heavy atom. The zero-order chi connectivity index (χ0) is 19.1. The monoisotopic (exact) mass is 361 g/mol. The van der Waals surface area contributed by atoms with Crippen LogP contribution < -0.4 is 15.4 Å². The molecule has 2 aromatic carbocycles. The first-order chi connectivity index (χ1) is 13.1. The summed E-state index contributed by atoms with van der Waals surface area (Å²) in [5.41, 5.74) is 4.33. The Morgan fingerprint density at radius 2 is 1.85 bits per heavy atom. The van der Waals surface area contributed by atoms with Crippen molar-refractivity contribution in [2.24, 2.45) is 0 Å². The van der Waals surface area contributed by atoms with E-state index >= 15 is 0 Å². The van der Waals surface area contributed by atoms with Crippen LogP contribution in [0.3, 0.4) is 0 Å². The smallest absolute Gasteiger partial charge is 0.274 e. The molecule has 3 aromatic rings. The van der Waals surface area contributed by atoms with Crippen molar-refractivity contribution in [3.05, 3.63) is 83.7 Å². The number of amides is 1. The lowest BCUT2D eigenvalue weighted by molar-refractivity contribution is 0.102. The minimum absolute atomic E-state index is 0.227. The van der Waals surface area contributed by atoms with Crippen molar-refractivity contribution in [2.75, 3.05) is 24.3 Å². The second-order valence-electron chi connectivity index (χ2n) is 6.28. The molecule has 0 radical (unpaired) electrons. The minimum Gasteiger partial charge on any atom is -0.497 e. The highest BCUT2D eigenvalue weighted by Crippen LogP contribution is 2.15. The minimum atomic E-state index is -0.227. The Labute approximate surface area is 159 Å². The summed E-state index contributed by atoms with van der Waals surface area (Å²) in [6.07, 6.45) is 2.49. The fourth-order valence-corrected chi connectivity index (χ4v) is 2.68. The van der Waals surface area contributed by atoms with Gasteiger partial charge in [-0.1, -0.05) is 29.8 Å². The van der Waals surface area contributed by atoms with Gasteiger partial charge in [-0.05, 0) is 55.3 Å². The first-order valence-electron chi connectivity index (χ1n) is 8.85. The molecule has 0 aliphatic heterocycles. The maximum absolute atomic E-state index is 12.4. The van der Waals surface area contributed by atoms with Gasteiger partial charge in [0.2, 0.25) is 0 Å². The van der Waals surface area contributed by atoms with Crippen LogP contribution in [-0.4, -0.2) is 24.5 Å². The Balaban J connectivity index is 1.57. The summed E-state index contributed by atoms with van der Waals surface area (Å²) in [5.74, 6) is 0.627. The first kappa shape index (κ1) is 18.5. The van der Waals surface area contributed by atoms with Crippen molar-refractivity contribution in [1.82, 2.24) is 4.98 Å². The van der Waals surface area contributed by atoms with E-state index in [0.29, 0.717) is 5.69 Å². The van der Waals surface area contributed by atoms with Crippen LogP contribution in [0.25, 0.3) is 0 Å². The predicted molar refractivity (Wildman–Crippen MR) is 109 cm³/mol. The molecule has 0 saturated heterocycles. The van der Waals surface area contributed by atoms with E-state index in [1.165, 1.54) is 5.56 Å². The molecule has 0 bridgehead atoms. The van der Waals surface area contributed by atoms with Crippen molar-refractivity contribution in [2.45, 2.75) is 13.3 Å². The number of anilines is 2. The molecule has 0 atom stereocenters. The van der Waals surface area contributed by atoms with E-state index in [1.54, 1.807) is 19.4 Å². The van der Waals surface area contributed by atoms with Crippen LogP contribution in [0, 0.1) is 6.92 Å². The van der Waals surface area contributed by atoms with E-state index < -0.39 is 0 Å². The van der Waals surface area contributed by atoms with Crippen LogP contribution in [-0.2, 0) is 6.42 Å². The quantitative estimate of drug-likeness (QED) is 0.658. The second-order valence-corrected chi connectivity index (χ2v) is 6.28. The van der Waals surface area contributed by atoms with Gasteiger partial charge in [0.05, 0.1) is 7.11 Å². The molecular formula is C22H23N3O2. The normalized spacial score (nSPS) is 10.3. The molecule has 1 aromatic heterocycles. The van der Waals surface area contributed by atoms with Gasteiger partial charge in [0, 0.05) is 24.1 Å². The third kappa shape index (κ3) is 5.31. The predicted octanol–water partition coefficient (Wildman–Crippen LogP) is 4.31. The summed E-state index contributed by atoms with van der Waals surface area (Å²) >= 11 is 0. The van der Waals surface area contributed by atoms with Gasteiger partial charge in [0.25, 0.3) is 5.91 Å². The molecule has 27 heavy (non-hydrogen) atoms. The maximum atomic E-state index is 12.4. The van der Waals surface area contributed by atoms with Crippen LogP contribution in [0.5, 0.6) is 5.75 Å². The first-order valence-corrected chi connectivity index (χ1v) is 8.85. The lowest BCUT2D eigenvalue weighted by atomic mass is 10.1. The van der Waals surface area contributed by atoms with Gasteiger partial charge >= 0.3 is 0 Å². The van der Waals surface area contributed by atoms with Gasteiger partial charge in [0.1, 0.15) is 11.4 Å². The Morgan fingerprint density at radius 1 is 1.04 bits per heavy atom. The molecule has 2 N–H and O–H groups in total. The molecule has 0 spiro atoms. The van der Waals surface area contributed by atoms with Gasteiger partial charge in [-0.3, -0.25) is 9.78 Å². The number of carbonyl (C=O) groups is 1. The van der Waals surface area contributed by atoms with E-state index in [0.717, 1.165) is 35.7 Å². The highest BCUT2D eigenvalue weighted by Gasteiger charge is 2.08. The number of nitrogens with one attached hydrogen (secondary N) is 2. The zero-order valence-corrected chi connectivity index (χ0v) is 15.5. The number of aromatic nitrogens is 1. The van der Waals surface area contributed by atoms with E-state index in [-0.39, 0.29) is 5.91 Å². The average molecular weight is 361 g/mol. The fourth-order valence-electron chi connectivity index (χ4n) is 2.68. The fraction of sp³-hybridized carbons (Fsp3) is 0.182. The summed E-state index contributed by atoms with van der Waals surface area (Å²) in [7, 11) is 1.66. The third-order valence-corrected chi connectivity index (χ3v) is 4.18. The molecule has 0 fully saturated rings. The molecule has 1 amide bonds. The van der Waals surface area contributed by atoms with Gasteiger partial charge in [-0.2, -0.15) is 0 Å². The Bertz CT molecular complexity index is 907. The van der Waals surface area contributed by atoms with Gasteiger partial charge < -0.3 is 15.4 Å². The van der Waals surface area contributed by atoms with E-state index in [9.17, 15) is 4.79 Å². The summed E-state index contributed by atoms with van der Waals surface area (Å²) in [6, 6.07) is 19.3. The van der Waals surface area contributed by atoms with Crippen molar-refractivity contribution in [3.8, 4) is 5.75 Å². The van der Waals surface area contributed by atoms with Crippen LogP contribution in [0.1, 0.15) is 21.6 Å². The summed E-state index contributed by atoms with van der Waals surface area (Å²) in [4.78, 5) is 16.6. The van der Waals surface area contributed by atoms with Crippen molar-refractivity contribution in [1.29, 1.82) is 0 Å². The molecule has 1 heterocycles. The Kier molecular flexibility index (Phi) is 6.05. The van der Waals surface area contributed by atoms with E-state index in [4.69, 9.17) is 4.74 Å². The van der Waals surface area contributed by atoms with Crippen molar-refractivity contribution < 1.29 is 9.53 Å². The SMILES string of the molecule is COc1cccc(CCNc2ccnc(C(=O)Nc3ccc(C)cc3)c2)c1. The van der Waals surface area contributed by atoms with Gasteiger partial charge in [0.15, 0.2) is 0 Å². The summed E-state index contributed by atoms with van der Waals surface area (Å²) < 4.78 is 5.24. The van der Waals surface area contributed by atoms with E-state index in [2.05, 4.69) is 21.7 Å². The molecule has 3 rings (SSSR count). The number of aryl methyl sites for hydroxylation is 1. The van der Waals surface area contributed by atoms with Crippen LogP contribution in [0.15, 0.2) is 66.9 Å². The maximum Gasteiger partial charge on any atom is 0.274 e. The number of hydrogen-bond acceptors (Lipinski definition) is 4. The number of methoxy groups -OCH3 is 1. The largest absolute Gasteiger partial charge is 0.497 e. The summed E-state index contributed by atoms with van der Waals surface area (Å²) in [5, 5.41) is 6.20. The third-order valence-electron chi connectivity index (χ3n) is 4.18. The molecule has 138 valence electrons. The topological polar surface area (TPSA) is 63.2 Å². The van der Waals surface area contributed by atoms with Crippen LogP contribution >= 0.6 is 0 Å². The van der Waals surface area contributed by atoms with Gasteiger partial charge in [-0.15, -0.1) is 0 Å². The zero-order valence-electron chi connectivity index (χ0n) is 15.5. The highest BCUT2D eigenvalue weighted by molar-refractivity contribution is 6.03. The summed E-state index contributed by atoms with van der Waals surface area (Å²) in [6.45, 7) is 2.75. The number of rotatable bonds is 7. The molecule has 5 heteroatoms. The highest BCUT2D eigenvalue weighted by atomic mass is 16.5. The molecule has 0 saturated carbocycles. The van der Waals surface area contributed by atoms with Crippen molar-refractivity contribution >= 4 is 17.3 Å². The Hall–Kier alpha value is -3.34. The van der Waals surface area contributed by atoms with Crippen LogP contribution in [0.2, 0.25) is 0 Å². The van der Waals surface area contributed by atoms with Crippen molar-refractivity contribution in [3.63, 3.8) is 0 Å². The number of benzene rings is 2. The van der Waals surface area contributed by atoms with E-state index in [1.807, 2.05) is 55.5 Å². The molecule has 0 aliphatic carbocycles. The number of hydrogen-bond donors (Lipinski definition) is 2. The second kappa shape index (κ2) is 8.85. The molecule has 0 aliphatic rings. The van der Waals surface area contributed by atoms with Gasteiger partial charge in [-0.25, -0.2) is 0 Å². The average Bonchev–Trinajstić information content (AvgIpc) is 2.70. The number of nitrogens with zero attached hydrogens (tertiary/aromatic N) is 1. The lowest BCUT2D eigenvalue weighted by Gasteiger charge is -2.09. The number of pyridine rings is 1. The standard InChI is InChI=1S/C22H23N3O2/c1-16-6-8-18(9-7-16)25-22(26)21-15-19(11-13-24-21)23-12-10-17-4-3-5-20(14-17)27-2/h3-9,11,13-15H,10,12H2,1-2H3,(H,23,24)(H,25,26). The molecular weight excluding hydrogens is 338 g/mol. The van der Waals surface area contributed by atoms with Crippen LogP contribution in [0.4, 0.5) is 11.4 Å².